The van der Waals surface area contributed by atoms with Crippen molar-refractivity contribution in [2.45, 2.75) is 64.5 Å². The summed E-state index contributed by atoms with van der Waals surface area (Å²) in [5, 5.41) is 14.6. The van der Waals surface area contributed by atoms with Crippen LogP contribution in [0.3, 0.4) is 0 Å². The van der Waals surface area contributed by atoms with Gasteiger partial charge < -0.3 is 21.4 Å². The molecule has 0 amide bonds. The van der Waals surface area contributed by atoms with Gasteiger partial charge in [-0.2, -0.15) is 4.98 Å². The van der Waals surface area contributed by atoms with Gasteiger partial charge in [0.2, 0.25) is 0 Å². The second kappa shape index (κ2) is 13.6. The van der Waals surface area contributed by atoms with Crippen LogP contribution < -0.4 is 22.1 Å². The van der Waals surface area contributed by atoms with E-state index in [1.165, 1.54) is 4.57 Å². The van der Waals surface area contributed by atoms with Crippen molar-refractivity contribution in [3.8, 4) is 16.9 Å². The zero-order valence-corrected chi connectivity index (χ0v) is 25.9. The van der Waals surface area contributed by atoms with Gasteiger partial charge >= 0.3 is 5.69 Å². The van der Waals surface area contributed by atoms with E-state index in [2.05, 4.69) is 34.4 Å². The highest BCUT2D eigenvalue weighted by molar-refractivity contribution is 6.31. The number of fused-ring (bicyclic) bond motifs is 1. The van der Waals surface area contributed by atoms with Crippen molar-refractivity contribution >= 4 is 28.5 Å². The number of piperidine rings is 1. The maximum absolute atomic E-state index is 15.2. The molecular formula is C33H40ClF2N7O. The number of benzene rings is 2. The molecule has 6 N–H and O–H groups in total. The van der Waals surface area contributed by atoms with Crippen LogP contribution in [-0.4, -0.2) is 46.2 Å². The largest absolute Gasteiger partial charge is 0.372 e. The number of aromatic nitrogens is 3. The number of hydrogen-bond donors (Lipinski definition) is 5. The maximum Gasteiger partial charge on any atom is 0.354 e. The molecule has 1 saturated heterocycles. The van der Waals surface area contributed by atoms with Gasteiger partial charge in [-0.1, -0.05) is 44.0 Å². The summed E-state index contributed by atoms with van der Waals surface area (Å²) in [6.07, 6.45) is 7.16. The fourth-order valence-corrected chi connectivity index (χ4v) is 5.96. The van der Waals surface area contributed by atoms with E-state index >= 15 is 4.39 Å². The SMILES string of the molecule is CC(C)(CN)CCc1cc(Cl)c(F)c(-c2cc3cn(-c4ccc([C@@H]5CCC[C@@H](CCNC(=N)CF)N5)cc4)c(=O)nc3[nH]2)c1. The summed E-state index contributed by atoms with van der Waals surface area (Å²) >= 11 is 6.29. The Morgan fingerprint density at radius 1 is 1.23 bits per heavy atom. The number of nitrogens with zero attached hydrogens (tertiary/aromatic N) is 2. The molecular weight excluding hydrogens is 584 g/mol. The van der Waals surface area contributed by atoms with Crippen LogP contribution in [0.4, 0.5) is 8.78 Å². The molecule has 0 unspecified atom stereocenters. The number of nitrogens with one attached hydrogen (secondary N) is 4. The van der Waals surface area contributed by atoms with Crippen molar-refractivity contribution in [1.29, 1.82) is 5.41 Å². The Kier molecular flexibility index (Phi) is 9.82. The van der Waals surface area contributed by atoms with Gasteiger partial charge in [-0.15, -0.1) is 0 Å². The highest BCUT2D eigenvalue weighted by atomic mass is 35.5. The minimum absolute atomic E-state index is 0.0423. The summed E-state index contributed by atoms with van der Waals surface area (Å²) in [5.74, 6) is -0.615. The number of amidine groups is 1. The normalized spacial score (nSPS) is 17.2. The number of hydrogen-bond acceptors (Lipinski definition) is 5. The van der Waals surface area contributed by atoms with Gasteiger partial charge in [-0.25, -0.2) is 13.6 Å². The molecule has 0 bridgehead atoms. The first-order valence-corrected chi connectivity index (χ1v) is 15.5. The molecule has 2 aromatic carbocycles. The summed E-state index contributed by atoms with van der Waals surface area (Å²) in [7, 11) is 0. The van der Waals surface area contributed by atoms with Crippen LogP contribution in [0.5, 0.6) is 0 Å². The molecule has 0 spiro atoms. The average Bonchev–Trinajstić information content (AvgIpc) is 3.44. The van der Waals surface area contributed by atoms with E-state index < -0.39 is 18.2 Å². The number of rotatable bonds is 11. The molecule has 0 saturated carbocycles. The highest BCUT2D eigenvalue weighted by Crippen LogP contribution is 2.33. The van der Waals surface area contributed by atoms with Crippen LogP contribution in [0.1, 0.15) is 63.1 Å². The van der Waals surface area contributed by atoms with Crippen LogP contribution in [0.15, 0.2) is 53.5 Å². The first-order chi connectivity index (χ1) is 21.1. The van der Waals surface area contributed by atoms with Crippen molar-refractivity contribution in [2.75, 3.05) is 19.8 Å². The fourth-order valence-electron chi connectivity index (χ4n) is 5.72. The third-order valence-electron chi connectivity index (χ3n) is 8.55. The minimum Gasteiger partial charge on any atom is -0.372 e. The Balaban J connectivity index is 1.34. The second-order valence-electron chi connectivity index (χ2n) is 12.5. The van der Waals surface area contributed by atoms with Gasteiger partial charge in [0.1, 0.15) is 18.2 Å². The first kappa shape index (κ1) is 31.8. The molecule has 4 aromatic rings. The summed E-state index contributed by atoms with van der Waals surface area (Å²) < 4.78 is 29.2. The third-order valence-corrected chi connectivity index (χ3v) is 8.83. The number of halogens is 3. The van der Waals surface area contributed by atoms with Gasteiger partial charge in [-0.3, -0.25) is 9.98 Å². The van der Waals surface area contributed by atoms with E-state index in [4.69, 9.17) is 22.7 Å². The van der Waals surface area contributed by atoms with Crippen molar-refractivity contribution in [3.63, 3.8) is 0 Å². The maximum atomic E-state index is 15.2. The molecule has 44 heavy (non-hydrogen) atoms. The minimum atomic E-state index is -0.778. The standard InChI is InChI=1S/C33H40ClF2N7O/c1-33(2,19-37)12-10-20-14-25(30(36)26(34)15-20)28-16-22-18-43(32(44)42-31(22)41-28)24-8-6-21(7-9-24)27-5-3-4-23(40-27)11-13-39-29(38)17-35/h6-9,14-16,18,23,27,40H,3-5,10-13,17,19,37H2,1-2H3,(H2,38,39)(H,41,42,44)/t23-,27-/m0/s1. The highest BCUT2D eigenvalue weighted by Gasteiger charge is 2.23. The monoisotopic (exact) mass is 623 g/mol. The third kappa shape index (κ3) is 7.36. The van der Waals surface area contributed by atoms with E-state index in [1.807, 2.05) is 24.3 Å². The van der Waals surface area contributed by atoms with E-state index in [0.29, 0.717) is 47.5 Å². The van der Waals surface area contributed by atoms with Gasteiger partial charge in [0.05, 0.1) is 16.4 Å². The van der Waals surface area contributed by atoms with E-state index in [1.54, 1.807) is 24.4 Å². The summed E-state index contributed by atoms with van der Waals surface area (Å²) in [5.41, 5.74) is 9.29. The second-order valence-corrected chi connectivity index (χ2v) is 12.9. The van der Waals surface area contributed by atoms with E-state index in [0.717, 1.165) is 43.2 Å². The molecule has 0 radical (unpaired) electrons. The zero-order chi connectivity index (χ0) is 31.4. The summed E-state index contributed by atoms with van der Waals surface area (Å²) in [4.78, 5) is 20.4. The molecule has 8 nitrogen and oxygen atoms in total. The molecule has 5 rings (SSSR count). The van der Waals surface area contributed by atoms with Crippen molar-refractivity contribution in [3.05, 3.63) is 81.1 Å². The lowest BCUT2D eigenvalue weighted by Crippen LogP contribution is -2.39. The predicted molar refractivity (Wildman–Crippen MR) is 173 cm³/mol. The average molecular weight is 624 g/mol. The number of H-pyrrole nitrogens is 1. The van der Waals surface area contributed by atoms with Crippen LogP contribution in [0, 0.1) is 16.6 Å². The van der Waals surface area contributed by atoms with Gasteiger partial charge in [-0.05, 0) is 85.5 Å². The molecule has 1 fully saturated rings. The molecule has 1 aliphatic heterocycles. The fraction of sp³-hybridized carbons (Fsp3) is 0.424. The Morgan fingerprint density at radius 3 is 2.73 bits per heavy atom. The first-order valence-electron chi connectivity index (χ1n) is 15.1. The predicted octanol–water partition coefficient (Wildman–Crippen LogP) is 6.20. The number of alkyl halides is 1. The molecule has 2 aromatic heterocycles. The number of aromatic amines is 1. The quantitative estimate of drug-likeness (QED) is 0.100. The summed E-state index contributed by atoms with van der Waals surface area (Å²) in [6.45, 7) is 4.53. The van der Waals surface area contributed by atoms with Crippen molar-refractivity contribution in [2.24, 2.45) is 11.1 Å². The van der Waals surface area contributed by atoms with E-state index in [9.17, 15) is 9.18 Å². The van der Waals surface area contributed by atoms with Gasteiger partial charge in [0.15, 0.2) is 5.82 Å². The topological polar surface area (TPSA) is 125 Å². The van der Waals surface area contributed by atoms with Gasteiger partial charge in [0, 0.05) is 35.8 Å². The lowest BCUT2D eigenvalue weighted by Gasteiger charge is -2.31. The Morgan fingerprint density at radius 2 is 2.00 bits per heavy atom. The summed E-state index contributed by atoms with van der Waals surface area (Å²) in [6, 6.07) is 13.5. The van der Waals surface area contributed by atoms with Crippen molar-refractivity contribution in [1.82, 2.24) is 25.2 Å². The van der Waals surface area contributed by atoms with Gasteiger partial charge in [0.25, 0.3) is 0 Å². The molecule has 234 valence electrons. The Hall–Kier alpha value is -3.60. The van der Waals surface area contributed by atoms with Crippen LogP contribution in [-0.2, 0) is 6.42 Å². The molecule has 3 heterocycles. The Labute approximate surface area is 260 Å². The lowest BCUT2D eigenvalue weighted by atomic mass is 9.86. The number of nitrogens with two attached hydrogens (primary N) is 1. The Bertz CT molecular complexity index is 1680. The number of aryl methyl sites for hydroxylation is 1. The molecule has 11 heteroatoms. The molecule has 2 atom stereocenters. The molecule has 0 aliphatic carbocycles. The molecule has 1 aliphatic rings. The van der Waals surface area contributed by atoms with Crippen LogP contribution >= 0.6 is 11.6 Å². The lowest BCUT2D eigenvalue weighted by molar-refractivity contribution is 0.312. The van der Waals surface area contributed by atoms with Crippen LogP contribution in [0.25, 0.3) is 28.0 Å². The van der Waals surface area contributed by atoms with E-state index in [-0.39, 0.29) is 28.4 Å². The smallest absolute Gasteiger partial charge is 0.354 e. The van der Waals surface area contributed by atoms with Crippen molar-refractivity contribution < 1.29 is 8.78 Å². The van der Waals surface area contributed by atoms with Crippen LogP contribution in [0.2, 0.25) is 5.02 Å². The zero-order valence-electron chi connectivity index (χ0n) is 25.2.